The van der Waals surface area contributed by atoms with Crippen LogP contribution in [0.15, 0.2) is 24.3 Å². The highest BCUT2D eigenvalue weighted by Gasteiger charge is 2.63. The molecule has 0 aliphatic carbocycles. The van der Waals surface area contributed by atoms with Crippen LogP contribution < -0.4 is 0 Å². The van der Waals surface area contributed by atoms with E-state index in [-0.39, 0.29) is 5.56 Å². The molecule has 0 saturated heterocycles. The number of esters is 2. The van der Waals surface area contributed by atoms with Gasteiger partial charge in [0, 0.05) is 0 Å². The minimum Gasteiger partial charge on any atom is -0.463 e. The Hall–Kier alpha value is -2.51. The van der Waals surface area contributed by atoms with Crippen LogP contribution in [-0.2, 0) is 24.6 Å². The Morgan fingerprint density at radius 3 is 1.89 bits per heavy atom. The number of carbonyl (C=O) groups is 2. The smallest absolute Gasteiger partial charge is 0.435 e. The number of hydrogen-bond acceptors (Lipinski definition) is 6. The highest BCUT2D eigenvalue weighted by Crippen LogP contribution is 2.28. The number of methoxy groups -OCH3 is 2. The Morgan fingerprint density at radius 1 is 1.16 bits per heavy atom. The van der Waals surface area contributed by atoms with Gasteiger partial charge < -0.3 is 9.47 Å². The lowest BCUT2D eigenvalue weighted by Crippen LogP contribution is -2.51. The van der Waals surface area contributed by atoms with E-state index in [4.69, 9.17) is 0 Å². The number of benzene rings is 1. The maximum absolute atomic E-state index is 12.8. The highest BCUT2D eigenvalue weighted by molar-refractivity contribution is 6.04. The average Bonchev–Trinajstić information content (AvgIpc) is 2.40. The van der Waals surface area contributed by atoms with Crippen molar-refractivity contribution >= 4 is 11.9 Å². The predicted octanol–water partition coefficient (Wildman–Crippen LogP) is 0.644. The van der Waals surface area contributed by atoms with Gasteiger partial charge in [0.05, 0.1) is 24.7 Å². The molecule has 0 amide bonds. The first-order chi connectivity index (χ1) is 8.91. The third-order valence-electron chi connectivity index (χ3n) is 2.50. The fourth-order valence-electron chi connectivity index (χ4n) is 1.56. The van der Waals surface area contributed by atoms with Crippen LogP contribution in [-0.4, -0.2) is 31.1 Å². The number of nitrogens with zero attached hydrogens (tertiary/aromatic N) is 1. The number of nitro groups is 1. The molecule has 0 bridgehead atoms. The van der Waals surface area contributed by atoms with E-state index in [0.29, 0.717) is 0 Å². The van der Waals surface area contributed by atoms with Crippen molar-refractivity contribution in [1.82, 2.24) is 0 Å². The van der Waals surface area contributed by atoms with Crippen molar-refractivity contribution in [1.29, 1.82) is 0 Å². The van der Waals surface area contributed by atoms with Crippen LogP contribution in [0, 0.1) is 15.9 Å². The van der Waals surface area contributed by atoms with E-state index < -0.39 is 28.2 Å². The molecule has 1 rings (SSSR count). The minimum absolute atomic E-state index is 0.349. The van der Waals surface area contributed by atoms with Gasteiger partial charge in [-0.3, -0.25) is 10.1 Å². The Kier molecular flexibility index (Phi) is 4.15. The minimum atomic E-state index is -2.86. The van der Waals surface area contributed by atoms with Gasteiger partial charge in [-0.2, -0.15) is 0 Å². The summed E-state index contributed by atoms with van der Waals surface area (Å²) in [6, 6.07) is 3.68. The van der Waals surface area contributed by atoms with Gasteiger partial charge in [0.15, 0.2) is 0 Å². The number of rotatable bonds is 4. The first-order valence-corrected chi connectivity index (χ1v) is 4.98. The number of hydrogen-bond donors (Lipinski definition) is 0. The summed E-state index contributed by atoms with van der Waals surface area (Å²) in [7, 11) is 1.79. The molecular weight excluding hydrogens is 261 g/mol. The van der Waals surface area contributed by atoms with Crippen LogP contribution in [0.4, 0.5) is 4.39 Å². The third-order valence-corrected chi connectivity index (χ3v) is 2.50. The molecule has 0 atom stereocenters. The zero-order chi connectivity index (χ0) is 14.6. The van der Waals surface area contributed by atoms with Crippen LogP contribution in [0.3, 0.4) is 0 Å². The molecule has 1 aromatic carbocycles. The molecule has 19 heavy (non-hydrogen) atoms. The molecule has 0 N–H and O–H groups in total. The summed E-state index contributed by atoms with van der Waals surface area (Å²) in [5.74, 6) is -3.51. The Labute approximate surface area is 107 Å². The van der Waals surface area contributed by atoms with E-state index in [1.807, 2.05) is 0 Å². The molecule has 0 fully saturated rings. The second-order valence-electron chi connectivity index (χ2n) is 3.46. The Bertz CT molecular complexity index is 496. The van der Waals surface area contributed by atoms with Crippen LogP contribution in [0.2, 0.25) is 0 Å². The molecule has 0 radical (unpaired) electrons. The van der Waals surface area contributed by atoms with E-state index in [1.54, 1.807) is 0 Å². The maximum atomic E-state index is 12.8. The Morgan fingerprint density at radius 2 is 1.58 bits per heavy atom. The summed E-state index contributed by atoms with van der Waals surface area (Å²) >= 11 is 0. The first-order valence-electron chi connectivity index (χ1n) is 4.98. The quantitative estimate of drug-likeness (QED) is 0.345. The fraction of sp³-hybridized carbons (Fsp3) is 0.273. The SMILES string of the molecule is COC(=O)C(C(=O)OC)(c1ccc(F)cc1)[N+](=O)[O-]. The van der Waals surface area contributed by atoms with E-state index in [1.165, 1.54) is 0 Å². The van der Waals surface area contributed by atoms with Crippen molar-refractivity contribution < 1.29 is 28.4 Å². The normalized spacial score (nSPS) is 10.7. The molecule has 7 nitrogen and oxygen atoms in total. The summed E-state index contributed by atoms with van der Waals surface area (Å²) in [6.45, 7) is 0. The topological polar surface area (TPSA) is 95.7 Å². The van der Waals surface area contributed by atoms with Crippen molar-refractivity contribution in [3.63, 3.8) is 0 Å². The highest BCUT2D eigenvalue weighted by atomic mass is 19.1. The van der Waals surface area contributed by atoms with Gasteiger partial charge in [-0.05, 0) is 24.3 Å². The molecule has 0 heterocycles. The summed E-state index contributed by atoms with van der Waals surface area (Å²) < 4.78 is 21.5. The lowest BCUT2D eigenvalue weighted by atomic mass is 9.90. The standard InChI is InChI=1S/C11H10FNO6/c1-18-9(14)11(13(16)17,10(15)19-2)7-3-5-8(12)6-4-7/h3-6H,1-2H3. The maximum Gasteiger partial charge on any atom is 0.435 e. The van der Waals surface area contributed by atoms with Gasteiger partial charge in [-0.25, -0.2) is 14.0 Å². The molecule has 0 aliphatic heterocycles. The molecule has 0 spiro atoms. The summed E-state index contributed by atoms with van der Waals surface area (Å²) in [6.07, 6.45) is 0. The van der Waals surface area contributed by atoms with E-state index in [2.05, 4.69) is 9.47 Å². The van der Waals surface area contributed by atoms with Crippen molar-refractivity contribution in [3.8, 4) is 0 Å². The van der Waals surface area contributed by atoms with Gasteiger partial charge in [0.2, 0.25) is 0 Å². The van der Waals surface area contributed by atoms with Crippen molar-refractivity contribution in [2.24, 2.45) is 0 Å². The van der Waals surface area contributed by atoms with Crippen LogP contribution in [0.25, 0.3) is 0 Å². The monoisotopic (exact) mass is 271 g/mol. The van der Waals surface area contributed by atoms with Crippen LogP contribution >= 0.6 is 0 Å². The molecule has 0 saturated carbocycles. The van der Waals surface area contributed by atoms with Crippen LogP contribution in [0.1, 0.15) is 5.56 Å². The van der Waals surface area contributed by atoms with Gasteiger partial charge in [0.25, 0.3) is 0 Å². The Balaban J connectivity index is 3.56. The van der Waals surface area contributed by atoms with Crippen molar-refractivity contribution in [2.45, 2.75) is 5.54 Å². The van der Waals surface area contributed by atoms with E-state index in [0.717, 1.165) is 38.5 Å². The molecular formula is C11H10FNO6. The number of halogens is 1. The summed E-state index contributed by atoms with van der Waals surface area (Å²) in [4.78, 5) is 33.5. The summed E-state index contributed by atoms with van der Waals surface area (Å²) in [5.41, 5.74) is -3.21. The fourth-order valence-corrected chi connectivity index (χ4v) is 1.56. The average molecular weight is 271 g/mol. The first kappa shape index (κ1) is 14.6. The number of ether oxygens (including phenoxy) is 2. The van der Waals surface area contributed by atoms with Crippen molar-refractivity contribution in [3.05, 3.63) is 45.8 Å². The van der Waals surface area contributed by atoms with Gasteiger partial charge in [-0.15, -0.1) is 0 Å². The molecule has 1 aromatic rings. The van der Waals surface area contributed by atoms with E-state index >= 15 is 0 Å². The lowest BCUT2D eigenvalue weighted by molar-refractivity contribution is -0.549. The molecule has 0 unspecified atom stereocenters. The van der Waals surface area contributed by atoms with Gasteiger partial charge in [-0.1, -0.05) is 0 Å². The lowest BCUT2D eigenvalue weighted by Gasteiger charge is -2.20. The third kappa shape index (κ3) is 2.24. The summed E-state index contributed by atoms with van der Waals surface area (Å²) in [5, 5.41) is 11.2. The second-order valence-corrected chi connectivity index (χ2v) is 3.46. The second kappa shape index (κ2) is 5.42. The van der Waals surface area contributed by atoms with Gasteiger partial charge in [0.1, 0.15) is 5.82 Å². The molecule has 8 heteroatoms. The van der Waals surface area contributed by atoms with Crippen LogP contribution in [0.5, 0.6) is 0 Å². The molecule has 0 aliphatic rings. The van der Waals surface area contributed by atoms with Crippen molar-refractivity contribution in [2.75, 3.05) is 14.2 Å². The molecule has 0 aromatic heterocycles. The predicted molar refractivity (Wildman–Crippen MR) is 59.1 cm³/mol. The largest absolute Gasteiger partial charge is 0.463 e. The number of carbonyl (C=O) groups excluding carboxylic acids is 2. The zero-order valence-corrected chi connectivity index (χ0v) is 10.1. The molecule has 102 valence electrons. The zero-order valence-electron chi connectivity index (χ0n) is 10.1. The van der Waals surface area contributed by atoms with Gasteiger partial charge >= 0.3 is 17.5 Å². The van der Waals surface area contributed by atoms with E-state index in [9.17, 15) is 24.1 Å².